The summed E-state index contributed by atoms with van der Waals surface area (Å²) < 4.78 is 40.6. The first-order valence-corrected chi connectivity index (χ1v) is 11.3. The van der Waals surface area contributed by atoms with Crippen molar-refractivity contribution < 1.29 is 28.2 Å². The third-order valence-corrected chi connectivity index (χ3v) is 5.59. The molecule has 0 unspecified atom stereocenters. The van der Waals surface area contributed by atoms with E-state index in [1.54, 1.807) is 25.2 Å². The van der Waals surface area contributed by atoms with Crippen LogP contribution < -0.4 is 20.1 Å². The number of aromatic nitrogens is 3. The highest BCUT2D eigenvalue weighted by molar-refractivity contribution is 6.07. The molecule has 9 nitrogen and oxygen atoms in total. The van der Waals surface area contributed by atoms with E-state index in [4.69, 9.17) is 9.47 Å². The number of phenols is 1. The van der Waals surface area contributed by atoms with Crippen LogP contribution in [-0.2, 0) is 7.05 Å². The average Bonchev–Trinajstić information content (AvgIpc) is 3.26. The maximum absolute atomic E-state index is 15.1. The molecule has 0 spiro atoms. The summed E-state index contributed by atoms with van der Waals surface area (Å²) in [6, 6.07) is 14.1. The number of nitrogens with zero attached hydrogens (tertiary/aromatic N) is 3. The van der Waals surface area contributed by atoms with E-state index in [1.165, 1.54) is 66.6 Å². The number of hydrogen-bond donors (Lipinski definition) is 3. The second-order valence-corrected chi connectivity index (χ2v) is 8.25. The van der Waals surface area contributed by atoms with Crippen molar-refractivity contribution in [2.45, 2.75) is 0 Å². The van der Waals surface area contributed by atoms with Crippen molar-refractivity contribution in [3.05, 3.63) is 90.3 Å². The Morgan fingerprint density at radius 3 is 2.47 bits per heavy atom. The van der Waals surface area contributed by atoms with E-state index in [9.17, 15) is 14.3 Å². The fraction of sp³-hybridized carbons (Fsp3) is 0.0741. The Hall–Kier alpha value is -5.19. The van der Waals surface area contributed by atoms with Crippen LogP contribution in [0.1, 0.15) is 10.4 Å². The lowest BCUT2D eigenvalue weighted by atomic mass is 10.2. The van der Waals surface area contributed by atoms with E-state index in [0.717, 1.165) is 0 Å². The molecule has 2 heterocycles. The molecule has 0 aliphatic carbocycles. The minimum absolute atomic E-state index is 0.0506. The second kappa shape index (κ2) is 10.1. The average molecular weight is 517 g/mol. The van der Waals surface area contributed by atoms with Gasteiger partial charge in [-0.25, -0.2) is 8.78 Å². The molecule has 38 heavy (non-hydrogen) atoms. The van der Waals surface area contributed by atoms with E-state index >= 15 is 4.39 Å². The van der Waals surface area contributed by atoms with E-state index in [1.807, 2.05) is 0 Å². The number of carbonyl (C=O) groups is 1. The topological polar surface area (TPSA) is 111 Å². The molecule has 5 rings (SSSR count). The van der Waals surface area contributed by atoms with Crippen LogP contribution in [0, 0.1) is 11.6 Å². The Morgan fingerprint density at radius 1 is 0.974 bits per heavy atom. The van der Waals surface area contributed by atoms with Gasteiger partial charge in [-0.05, 0) is 48.5 Å². The summed E-state index contributed by atoms with van der Waals surface area (Å²) in [5.41, 5.74) is 1.39. The predicted molar refractivity (Wildman–Crippen MR) is 137 cm³/mol. The Morgan fingerprint density at radius 2 is 1.74 bits per heavy atom. The zero-order chi connectivity index (χ0) is 26.8. The van der Waals surface area contributed by atoms with Crippen molar-refractivity contribution in [1.82, 2.24) is 14.8 Å². The fourth-order valence-corrected chi connectivity index (χ4v) is 3.78. The molecule has 0 aliphatic rings. The molecule has 0 aliphatic heterocycles. The molecule has 0 saturated carbocycles. The van der Waals surface area contributed by atoms with Gasteiger partial charge in [0.2, 0.25) is 0 Å². The summed E-state index contributed by atoms with van der Waals surface area (Å²) >= 11 is 0. The number of phenolic OH excluding ortho intramolecular Hbond substituents is 1. The summed E-state index contributed by atoms with van der Waals surface area (Å²) in [7, 11) is 3.06. The molecule has 2 aromatic heterocycles. The molecular formula is C27H21F2N5O4. The first kappa shape index (κ1) is 24.5. The van der Waals surface area contributed by atoms with Crippen molar-refractivity contribution in [2.75, 3.05) is 17.7 Å². The number of amides is 1. The summed E-state index contributed by atoms with van der Waals surface area (Å²) in [5.74, 6) is -0.943. The Labute approximate surface area is 215 Å². The third-order valence-electron chi connectivity index (χ3n) is 5.59. The zero-order valence-corrected chi connectivity index (χ0v) is 20.2. The fourth-order valence-electron chi connectivity index (χ4n) is 3.78. The molecule has 192 valence electrons. The molecular weight excluding hydrogens is 496 g/mol. The number of carbonyl (C=O) groups excluding carboxylic acids is 1. The Bertz CT molecular complexity index is 1650. The number of aromatic hydroxyl groups is 1. The number of ether oxygens (including phenoxy) is 2. The summed E-state index contributed by atoms with van der Waals surface area (Å²) in [6.07, 6.45) is 2.99. The smallest absolute Gasteiger partial charge is 0.261 e. The first-order chi connectivity index (χ1) is 18.3. The number of methoxy groups -OCH3 is 1. The van der Waals surface area contributed by atoms with Crippen LogP contribution in [0.4, 0.5) is 26.0 Å². The highest BCUT2D eigenvalue weighted by Gasteiger charge is 2.18. The lowest BCUT2D eigenvalue weighted by Gasteiger charge is -2.12. The summed E-state index contributed by atoms with van der Waals surface area (Å²) in [5, 5.41) is 20.4. The van der Waals surface area contributed by atoms with Gasteiger partial charge in [0.05, 0.1) is 12.6 Å². The molecule has 0 atom stereocenters. The van der Waals surface area contributed by atoms with E-state index in [2.05, 4.69) is 20.7 Å². The van der Waals surface area contributed by atoms with Crippen molar-refractivity contribution >= 4 is 34.0 Å². The van der Waals surface area contributed by atoms with Crippen molar-refractivity contribution in [3.8, 4) is 23.0 Å². The molecule has 0 bridgehead atoms. The van der Waals surface area contributed by atoms with Crippen LogP contribution in [0.25, 0.3) is 10.9 Å². The summed E-state index contributed by atoms with van der Waals surface area (Å²) in [6.45, 7) is 0. The highest BCUT2D eigenvalue weighted by Crippen LogP contribution is 2.37. The van der Waals surface area contributed by atoms with Gasteiger partial charge in [-0.3, -0.25) is 14.5 Å². The van der Waals surface area contributed by atoms with Crippen LogP contribution in [0.15, 0.2) is 73.1 Å². The van der Waals surface area contributed by atoms with Crippen molar-refractivity contribution in [1.29, 1.82) is 0 Å². The van der Waals surface area contributed by atoms with Gasteiger partial charge in [0.1, 0.15) is 17.1 Å². The van der Waals surface area contributed by atoms with E-state index in [0.29, 0.717) is 28.0 Å². The second-order valence-electron chi connectivity index (χ2n) is 8.25. The third kappa shape index (κ3) is 5.03. The number of aryl methyl sites for hydroxylation is 1. The van der Waals surface area contributed by atoms with Gasteiger partial charge in [-0.2, -0.15) is 5.10 Å². The maximum atomic E-state index is 15.1. The van der Waals surface area contributed by atoms with Crippen LogP contribution in [0.2, 0.25) is 0 Å². The molecule has 3 aromatic carbocycles. The number of pyridine rings is 1. The van der Waals surface area contributed by atoms with E-state index < -0.39 is 17.5 Å². The monoisotopic (exact) mass is 517 g/mol. The van der Waals surface area contributed by atoms with Gasteiger partial charge in [0, 0.05) is 48.3 Å². The molecule has 1 amide bonds. The number of anilines is 3. The van der Waals surface area contributed by atoms with E-state index in [-0.39, 0.29) is 28.6 Å². The Balaban J connectivity index is 1.37. The van der Waals surface area contributed by atoms with Gasteiger partial charge < -0.3 is 25.2 Å². The van der Waals surface area contributed by atoms with Crippen molar-refractivity contribution in [3.63, 3.8) is 0 Å². The van der Waals surface area contributed by atoms with Gasteiger partial charge in [0.15, 0.2) is 28.9 Å². The van der Waals surface area contributed by atoms with Crippen LogP contribution in [0.3, 0.4) is 0 Å². The lowest BCUT2D eigenvalue weighted by Crippen LogP contribution is -2.13. The SMILES string of the molecule is COc1cc2c(Oc3ccc(Nc4nn(C)cc4C(=O)Nc4ccc(F)cc4)cc3F)ccnc2cc1O. The minimum Gasteiger partial charge on any atom is -0.504 e. The highest BCUT2D eigenvalue weighted by atomic mass is 19.1. The molecule has 0 fully saturated rings. The molecule has 0 radical (unpaired) electrons. The van der Waals surface area contributed by atoms with Crippen LogP contribution in [-0.4, -0.2) is 32.9 Å². The zero-order valence-electron chi connectivity index (χ0n) is 20.2. The number of halogens is 2. The number of rotatable bonds is 7. The minimum atomic E-state index is -0.668. The van der Waals surface area contributed by atoms with Crippen LogP contribution >= 0.6 is 0 Å². The Kier molecular flexibility index (Phi) is 6.48. The number of fused-ring (bicyclic) bond motifs is 1. The van der Waals surface area contributed by atoms with Gasteiger partial charge in [0.25, 0.3) is 5.91 Å². The molecule has 11 heteroatoms. The quantitative estimate of drug-likeness (QED) is 0.252. The standard InChI is InChI=1S/C27H21F2N5O4/c1-34-14-19(27(36)32-16-5-3-15(28)4-6-16)26(33-34)31-17-7-8-24(20(29)11-17)38-23-9-10-30-21-13-22(35)25(37-2)12-18(21)23/h3-14,35H,1-2H3,(H,31,33)(H,32,36). The predicted octanol–water partition coefficient (Wildman–Crippen LogP) is 5.75. The number of hydrogen-bond acceptors (Lipinski definition) is 7. The van der Waals surface area contributed by atoms with Crippen LogP contribution in [0.5, 0.6) is 23.0 Å². The maximum Gasteiger partial charge on any atom is 0.261 e. The molecule has 0 saturated heterocycles. The van der Waals surface area contributed by atoms with Gasteiger partial charge >= 0.3 is 0 Å². The number of benzene rings is 3. The molecule has 5 aromatic rings. The van der Waals surface area contributed by atoms with Gasteiger partial charge in [-0.15, -0.1) is 0 Å². The molecule has 3 N–H and O–H groups in total. The number of nitrogens with one attached hydrogen (secondary N) is 2. The first-order valence-electron chi connectivity index (χ1n) is 11.3. The normalized spacial score (nSPS) is 10.8. The lowest BCUT2D eigenvalue weighted by molar-refractivity contribution is 0.102. The van der Waals surface area contributed by atoms with Gasteiger partial charge in [-0.1, -0.05) is 0 Å². The summed E-state index contributed by atoms with van der Waals surface area (Å²) in [4.78, 5) is 17.0. The van der Waals surface area contributed by atoms with Crippen molar-refractivity contribution in [2.24, 2.45) is 7.05 Å². The largest absolute Gasteiger partial charge is 0.504 e.